The Morgan fingerprint density at radius 2 is 1.95 bits per heavy atom. The highest BCUT2D eigenvalue weighted by molar-refractivity contribution is 7.89. The van der Waals surface area contributed by atoms with Gasteiger partial charge in [-0.3, -0.25) is 4.57 Å². The number of oxazole rings is 1. The van der Waals surface area contributed by atoms with Crippen LogP contribution in [0.2, 0.25) is 0 Å². The van der Waals surface area contributed by atoms with Crippen LogP contribution in [0.3, 0.4) is 0 Å². The number of fused-ring (bicyclic) bond motifs is 1. The van der Waals surface area contributed by atoms with Gasteiger partial charge in [-0.15, -0.1) is 0 Å². The molecule has 1 atom stereocenters. The van der Waals surface area contributed by atoms with Gasteiger partial charge in [0.1, 0.15) is 0 Å². The second-order valence-corrected chi connectivity index (χ2v) is 7.67. The highest BCUT2D eigenvalue weighted by atomic mass is 32.2. The molecule has 22 heavy (non-hydrogen) atoms. The zero-order chi connectivity index (χ0) is 16.1. The van der Waals surface area contributed by atoms with Crippen molar-refractivity contribution in [1.82, 2.24) is 13.8 Å². The summed E-state index contributed by atoms with van der Waals surface area (Å²) in [6, 6.07) is 4.46. The summed E-state index contributed by atoms with van der Waals surface area (Å²) in [7, 11) is -0.0288. The van der Waals surface area contributed by atoms with Gasteiger partial charge in [-0.1, -0.05) is 0 Å². The van der Waals surface area contributed by atoms with Crippen molar-refractivity contribution < 1.29 is 12.8 Å². The fourth-order valence-electron chi connectivity index (χ4n) is 2.89. The fourth-order valence-corrected chi connectivity index (χ4v) is 4.52. The van der Waals surface area contributed by atoms with Crippen molar-refractivity contribution in [3.63, 3.8) is 0 Å². The molecule has 2 aromatic rings. The Kier molecular flexibility index (Phi) is 3.62. The molecule has 0 radical (unpaired) electrons. The number of nitrogens with zero attached hydrogens (tertiary/aromatic N) is 3. The number of sulfonamides is 1. The number of aromatic nitrogens is 1. The van der Waals surface area contributed by atoms with Crippen LogP contribution >= 0.6 is 0 Å². The Morgan fingerprint density at radius 1 is 1.23 bits per heavy atom. The molecule has 3 rings (SSSR count). The van der Waals surface area contributed by atoms with Crippen LogP contribution in [0.25, 0.3) is 11.1 Å². The van der Waals surface area contributed by atoms with E-state index in [4.69, 9.17) is 4.42 Å². The zero-order valence-corrected chi connectivity index (χ0v) is 13.6. The number of rotatable bonds is 2. The quantitative estimate of drug-likeness (QED) is 0.802. The summed E-state index contributed by atoms with van der Waals surface area (Å²) in [5.74, 6) is -0.502. The Bertz CT molecular complexity index is 868. The first-order chi connectivity index (χ1) is 10.3. The minimum absolute atomic E-state index is 0.0952. The molecule has 0 amide bonds. The van der Waals surface area contributed by atoms with E-state index in [1.807, 2.05) is 14.0 Å². The van der Waals surface area contributed by atoms with E-state index < -0.39 is 15.8 Å². The highest BCUT2D eigenvalue weighted by Crippen LogP contribution is 2.24. The van der Waals surface area contributed by atoms with Crippen molar-refractivity contribution in [3.8, 4) is 0 Å². The van der Waals surface area contributed by atoms with Gasteiger partial charge in [-0.2, -0.15) is 4.31 Å². The summed E-state index contributed by atoms with van der Waals surface area (Å²) in [6.07, 6.45) is 0. The smallest absolute Gasteiger partial charge is 0.408 e. The Balaban J connectivity index is 2.03. The van der Waals surface area contributed by atoms with Crippen LogP contribution in [-0.4, -0.2) is 54.9 Å². The Morgan fingerprint density at radius 3 is 2.64 bits per heavy atom. The predicted octanol–water partition coefficient (Wildman–Crippen LogP) is 0.456. The number of hydrogen-bond acceptors (Lipinski definition) is 5. The molecule has 0 bridgehead atoms. The monoisotopic (exact) mass is 325 g/mol. The summed E-state index contributed by atoms with van der Waals surface area (Å²) >= 11 is 0. The molecule has 1 aliphatic heterocycles. The molecule has 7 nitrogen and oxygen atoms in total. The Labute approximate surface area is 128 Å². The molecule has 1 saturated heterocycles. The maximum atomic E-state index is 12.8. The van der Waals surface area contributed by atoms with Gasteiger partial charge in [-0.25, -0.2) is 13.2 Å². The molecule has 8 heteroatoms. The number of hydrogen-bond donors (Lipinski definition) is 0. The molecule has 1 aliphatic rings. The third-order valence-electron chi connectivity index (χ3n) is 4.14. The number of benzene rings is 1. The van der Waals surface area contributed by atoms with E-state index in [2.05, 4.69) is 4.90 Å². The van der Waals surface area contributed by atoms with Gasteiger partial charge in [0.15, 0.2) is 5.58 Å². The van der Waals surface area contributed by atoms with Crippen LogP contribution < -0.4 is 5.76 Å². The lowest BCUT2D eigenvalue weighted by molar-refractivity contribution is 0.170. The lowest BCUT2D eigenvalue weighted by Crippen LogP contribution is -2.52. The molecule has 1 aromatic carbocycles. The summed E-state index contributed by atoms with van der Waals surface area (Å²) in [5.41, 5.74) is 0.866. The first-order valence-corrected chi connectivity index (χ1v) is 8.54. The van der Waals surface area contributed by atoms with Crippen molar-refractivity contribution >= 4 is 21.1 Å². The predicted molar refractivity (Wildman–Crippen MR) is 82.3 cm³/mol. The van der Waals surface area contributed by atoms with E-state index in [1.54, 1.807) is 13.1 Å². The van der Waals surface area contributed by atoms with Gasteiger partial charge in [-0.05, 0) is 26.1 Å². The summed E-state index contributed by atoms with van der Waals surface area (Å²) in [4.78, 5) is 13.8. The van der Waals surface area contributed by atoms with Crippen LogP contribution in [-0.2, 0) is 17.1 Å². The molecule has 0 aliphatic carbocycles. The van der Waals surface area contributed by atoms with E-state index in [0.717, 1.165) is 0 Å². The first-order valence-electron chi connectivity index (χ1n) is 7.10. The van der Waals surface area contributed by atoms with Gasteiger partial charge in [0.2, 0.25) is 10.0 Å². The largest absolute Gasteiger partial charge is 0.419 e. The molecule has 1 unspecified atom stereocenters. The van der Waals surface area contributed by atoms with Crippen LogP contribution in [0.5, 0.6) is 0 Å². The topological polar surface area (TPSA) is 75.8 Å². The molecule has 0 saturated carbocycles. The summed E-state index contributed by atoms with van der Waals surface area (Å²) < 4.78 is 33.6. The van der Waals surface area contributed by atoms with Gasteiger partial charge in [0, 0.05) is 38.8 Å². The minimum Gasteiger partial charge on any atom is -0.408 e. The van der Waals surface area contributed by atoms with Crippen molar-refractivity contribution in [3.05, 3.63) is 28.7 Å². The standard InChI is InChI=1S/C14H19N3O4S/c1-10-9-15(2)6-7-17(10)22(19,20)11-4-5-12-13(8-11)21-14(18)16(12)3/h4-5,8,10H,6-7,9H2,1-3H3. The SMILES string of the molecule is CC1CN(C)CCN1S(=O)(=O)c1ccc2c(c1)oc(=O)n2C. The van der Waals surface area contributed by atoms with Crippen molar-refractivity contribution in [1.29, 1.82) is 0 Å². The lowest BCUT2D eigenvalue weighted by atomic mass is 10.2. The summed E-state index contributed by atoms with van der Waals surface area (Å²) in [6.45, 7) is 3.75. The van der Waals surface area contributed by atoms with Crippen molar-refractivity contribution in [2.45, 2.75) is 17.9 Å². The zero-order valence-electron chi connectivity index (χ0n) is 12.8. The molecular weight excluding hydrogens is 306 g/mol. The van der Waals surface area contributed by atoms with Crippen LogP contribution in [0.15, 0.2) is 32.3 Å². The van der Waals surface area contributed by atoms with E-state index in [1.165, 1.54) is 21.0 Å². The molecule has 0 N–H and O–H groups in total. The normalized spacial score (nSPS) is 21.5. The second kappa shape index (κ2) is 5.22. The van der Waals surface area contributed by atoms with Gasteiger partial charge >= 0.3 is 5.76 Å². The number of piperazine rings is 1. The van der Waals surface area contributed by atoms with E-state index in [0.29, 0.717) is 25.2 Å². The van der Waals surface area contributed by atoms with Gasteiger partial charge < -0.3 is 9.32 Å². The van der Waals surface area contributed by atoms with Crippen LogP contribution in [0, 0.1) is 0 Å². The van der Waals surface area contributed by atoms with Gasteiger partial charge in [0.25, 0.3) is 0 Å². The highest BCUT2D eigenvalue weighted by Gasteiger charge is 2.33. The third-order valence-corrected chi connectivity index (χ3v) is 6.15. The van der Waals surface area contributed by atoms with Crippen LogP contribution in [0.4, 0.5) is 0 Å². The Hall–Kier alpha value is -1.64. The lowest BCUT2D eigenvalue weighted by Gasteiger charge is -2.37. The van der Waals surface area contributed by atoms with Gasteiger partial charge in [0.05, 0.1) is 10.4 Å². The first kappa shape index (κ1) is 15.3. The molecular formula is C14H19N3O4S. The molecule has 1 aromatic heterocycles. The third kappa shape index (κ3) is 2.37. The minimum atomic E-state index is -3.59. The molecule has 120 valence electrons. The maximum Gasteiger partial charge on any atom is 0.419 e. The molecule has 2 heterocycles. The number of aryl methyl sites for hydroxylation is 1. The van der Waals surface area contributed by atoms with E-state index in [9.17, 15) is 13.2 Å². The van der Waals surface area contributed by atoms with Crippen molar-refractivity contribution in [2.24, 2.45) is 7.05 Å². The number of likely N-dealkylation sites (N-methyl/N-ethyl adjacent to an activating group) is 1. The summed E-state index contributed by atoms with van der Waals surface area (Å²) in [5, 5.41) is 0. The second-order valence-electron chi connectivity index (χ2n) is 5.78. The average Bonchev–Trinajstić information content (AvgIpc) is 2.73. The average molecular weight is 325 g/mol. The van der Waals surface area contributed by atoms with Crippen molar-refractivity contribution in [2.75, 3.05) is 26.7 Å². The maximum absolute atomic E-state index is 12.8. The molecule has 1 fully saturated rings. The van der Waals surface area contributed by atoms with E-state index in [-0.39, 0.29) is 16.5 Å². The fraction of sp³-hybridized carbons (Fsp3) is 0.500. The molecule has 0 spiro atoms. The van der Waals surface area contributed by atoms with E-state index >= 15 is 0 Å². The van der Waals surface area contributed by atoms with Crippen LogP contribution in [0.1, 0.15) is 6.92 Å².